The van der Waals surface area contributed by atoms with Crippen molar-refractivity contribution < 1.29 is 9.90 Å². The number of carbonyl (C=O) groups is 1. The van der Waals surface area contributed by atoms with E-state index in [9.17, 15) is 9.90 Å². The summed E-state index contributed by atoms with van der Waals surface area (Å²) in [4.78, 5) is 13.8. The molecule has 1 aliphatic heterocycles. The molecule has 3 N–H and O–H groups in total. The van der Waals surface area contributed by atoms with Gasteiger partial charge in [0.25, 0.3) is 0 Å². The van der Waals surface area contributed by atoms with Crippen LogP contribution in [0.25, 0.3) is 0 Å². The molecule has 0 aromatic heterocycles. The van der Waals surface area contributed by atoms with Crippen LogP contribution in [0.2, 0.25) is 0 Å². The van der Waals surface area contributed by atoms with Crippen LogP contribution in [0.15, 0.2) is 24.3 Å². The van der Waals surface area contributed by atoms with Crippen molar-refractivity contribution in [2.24, 2.45) is 5.73 Å². The highest BCUT2D eigenvalue weighted by atomic mass is 127. The number of rotatable bonds is 3. The molecule has 1 aliphatic rings. The third-order valence-corrected chi connectivity index (χ3v) is 4.25. The molecule has 1 fully saturated rings. The number of amides is 1. The number of nitrogens with two attached hydrogens (primary N) is 1. The second kappa shape index (κ2) is 5.99. The lowest BCUT2D eigenvalue weighted by Crippen LogP contribution is -2.46. The van der Waals surface area contributed by atoms with Gasteiger partial charge < -0.3 is 15.7 Å². The lowest BCUT2D eigenvalue weighted by atomic mass is 10.0. The minimum atomic E-state index is -0.939. The third-order valence-electron chi connectivity index (χ3n) is 3.27. The molecule has 1 aromatic carbocycles. The molecule has 1 heterocycles. The molecule has 0 saturated carbocycles. The Morgan fingerprint density at radius 1 is 1.33 bits per heavy atom. The molecule has 4 nitrogen and oxygen atoms in total. The number of aliphatic hydroxyl groups excluding tert-OH is 1. The molecule has 98 valence electrons. The normalized spacial score (nSPS) is 18.7. The molecule has 0 unspecified atom stereocenters. The highest BCUT2D eigenvalue weighted by molar-refractivity contribution is 14.1. The van der Waals surface area contributed by atoms with Crippen LogP contribution in [0, 0.1) is 3.57 Å². The van der Waals surface area contributed by atoms with E-state index in [2.05, 4.69) is 22.6 Å². The second-order valence-corrected chi connectivity index (χ2v) is 5.69. The van der Waals surface area contributed by atoms with Gasteiger partial charge in [0.1, 0.15) is 12.1 Å². The molecule has 2 rings (SSSR count). The summed E-state index contributed by atoms with van der Waals surface area (Å²) in [5.74, 6) is -0.153. The van der Waals surface area contributed by atoms with Gasteiger partial charge in [-0.25, -0.2) is 0 Å². The summed E-state index contributed by atoms with van der Waals surface area (Å²) in [5, 5.41) is 10.2. The zero-order valence-corrected chi connectivity index (χ0v) is 12.2. The van der Waals surface area contributed by atoms with E-state index in [1.807, 2.05) is 24.3 Å². The van der Waals surface area contributed by atoms with Crippen LogP contribution in [0.1, 0.15) is 24.5 Å². The van der Waals surface area contributed by atoms with Crippen molar-refractivity contribution in [1.29, 1.82) is 0 Å². The average Bonchev–Trinajstić information content (AvgIpc) is 2.90. The Kier molecular flexibility index (Phi) is 4.58. The zero-order chi connectivity index (χ0) is 13.1. The van der Waals surface area contributed by atoms with Crippen LogP contribution in [-0.2, 0) is 4.79 Å². The number of halogens is 1. The summed E-state index contributed by atoms with van der Waals surface area (Å²) >= 11 is 2.14. The minimum Gasteiger partial charge on any atom is -0.386 e. The molecule has 0 spiro atoms. The lowest BCUT2D eigenvalue weighted by molar-refractivity contribution is -0.134. The van der Waals surface area contributed by atoms with E-state index in [0.717, 1.165) is 35.1 Å². The Morgan fingerprint density at radius 3 is 2.56 bits per heavy atom. The zero-order valence-electron chi connectivity index (χ0n) is 10.1. The standard InChI is InChI=1S/C13H17IN2O2/c14-10-6-2-1-5-9(10)12(17)11(15)13(18)16-7-3-4-8-16/h1-2,5-6,11-12,17H,3-4,7-8,15H2/t11-,12+/m1/s1. The van der Waals surface area contributed by atoms with Gasteiger partial charge in [-0.3, -0.25) is 4.79 Å². The van der Waals surface area contributed by atoms with Crippen molar-refractivity contribution in [3.05, 3.63) is 33.4 Å². The highest BCUT2D eigenvalue weighted by Gasteiger charge is 2.30. The largest absolute Gasteiger partial charge is 0.386 e. The molecule has 2 atom stereocenters. The Morgan fingerprint density at radius 2 is 1.94 bits per heavy atom. The third kappa shape index (κ3) is 2.84. The highest BCUT2D eigenvalue weighted by Crippen LogP contribution is 2.23. The molecule has 5 heteroatoms. The first-order valence-electron chi connectivity index (χ1n) is 6.08. The van der Waals surface area contributed by atoms with Gasteiger partial charge in [0.2, 0.25) is 5.91 Å². The molecular weight excluding hydrogens is 343 g/mol. The van der Waals surface area contributed by atoms with E-state index in [-0.39, 0.29) is 5.91 Å². The van der Waals surface area contributed by atoms with Gasteiger partial charge in [-0.1, -0.05) is 18.2 Å². The van der Waals surface area contributed by atoms with E-state index in [1.165, 1.54) is 0 Å². The molecule has 0 radical (unpaired) electrons. The lowest BCUT2D eigenvalue weighted by Gasteiger charge is -2.24. The van der Waals surface area contributed by atoms with E-state index in [4.69, 9.17) is 5.73 Å². The van der Waals surface area contributed by atoms with Gasteiger partial charge in [-0.05, 0) is 47.1 Å². The van der Waals surface area contributed by atoms with Gasteiger partial charge in [0.15, 0.2) is 0 Å². The predicted molar refractivity (Wildman–Crippen MR) is 77.9 cm³/mol. The van der Waals surface area contributed by atoms with Crippen LogP contribution in [-0.4, -0.2) is 35.0 Å². The number of nitrogens with zero attached hydrogens (tertiary/aromatic N) is 1. The van der Waals surface area contributed by atoms with E-state index in [0.29, 0.717) is 0 Å². The monoisotopic (exact) mass is 360 g/mol. The maximum Gasteiger partial charge on any atom is 0.242 e. The van der Waals surface area contributed by atoms with Crippen LogP contribution in [0.3, 0.4) is 0 Å². The quantitative estimate of drug-likeness (QED) is 0.798. The minimum absolute atomic E-state index is 0.153. The first-order valence-corrected chi connectivity index (χ1v) is 7.16. The van der Waals surface area contributed by atoms with Crippen molar-refractivity contribution in [2.45, 2.75) is 25.0 Å². The number of aliphatic hydroxyl groups is 1. The van der Waals surface area contributed by atoms with Gasteiger partial charge in [0.05, 0.1) is 0 Å². The van der Waals surface area contributed by atoms with Gasteiger partial charge in [-0.2, -0.15) is 0 Å². The topological polar surface area (TPSA) is 66.6 Å². The Hall–Kier alpha value is -0.660. The molecule has 1 aromatic rings. The smallest absolute Gasteiger partial charge is 0.242 e. The maximum atomic E-state index is 12.1. The fourth-order valence-corrected chi connectivity index (χ4v) is 2.90. The Labute approximate surface area is 120 Å². The molecular formula is C13H17IN2O2. The van der Waals surface area contributed by atoms with Crippen molar-refractivity contribution in [3.8, 4) is 0 Å². The molecule has 1 saturated heterocycles. The Bertz CT molecular complexity index is 433. The summed E-state index contributed by atoms with van der Waals surface area (Å²) in [6.45, 7) is 1.51. The van der Waals surface area contributed by atoms with E-state index >= 15 is 0 Å². The molecule has 1 amide bonds. The summed E-state index contributed by atoms with van der Waals surface area (Å²) < 4.78 is 0.923. The van der Waals surface area contributed by atoms with Gasteiger partial charge >= 0.3 is 0 Å². The SMILES string of the molecule is N[C@@H](C(=O)N1CCCC1)[C@@H](O)c1ccccc1I. The van der Waals surface area contributed by atoms with Crippen LogP contribution in [0.4, 0.5) is 0 Å². The molecule has 18 heavy (non-hydrogen) atoms. The molecule has 0 aliphatic carbocycles. The number of benzene rings is 1. The fraction of sp³-hybridized carbons (Fsp3) is 0.462. The summed E-state index contributed by atoms with van der Waals surface area (Å²) in [6, 6.07) is 6.56. The summed E-state index contributed by atoms with van der Waals surface area (Å²) in [6.07, 6.45) is 1.11. The summed E-state index contributed by atoms with van der Waals surface area (Å²) in [5.41, 5.74) is 6.62. The average molecular weight is 360 g/mol. The van der Waals surface area contributed by atoms with Crippen molar-refractivity contribution in [3.63, 3.8) is 0 Å². The fourth-order valence-electron chi connectivity index (χ4n) is 2.19. The molecule has 0 bridgehead atoms. The van der Waals surface area contributed by atoms with Gasteiger partial charge in [0, 0.05) is 16.7 Å². The van der Waals surface area contributed by atoms with Crippen molar-refractivity contribution >= 4 is 28.5 Å². The number of carbonyl (C=O) groups excluding carboxylic acids is 1. The van der Waals surface area contributed by atoms with Crippen molar-refractivity contribution in [1.82, 2.24) is 4.90 Å². The predicted octanol–water partition coefficient (Wildman–Crippen LogP) is 1.27. The number of hydrogen-bond donors (Lipinski definition) is 2. The van der Waals surface area contributed by atoms with Crippen LogP contribution in [0.5, 0.6) is 0 Å². The first-order chi connectivity index (χ1) is 8.61. The maximum absolute atomic E-state index is 12.1. The van der Waals surface area contributed by atoms with Gasteiger partial charge in [-0.15, -0.1) is 0 Å². The summed E-state index contributed by atoms with van der Waals surface area (Å²) in [7, 11) is 0. The van der Waals surface area contributed by atoms with E-state index < -0.39 is 12.1 Å². The van der Waals surface area contributed by atoms with Crippen LogP contribution < -0.4 is 5.73 Å². The number of hydrogen-bond acceptors (Lipinski definition) is 3. The van der Waals surface area contributed by atoms with E-state index in [1.54, 1.807) is 4.90 Å². The Balaban J connectivity index is 2.10. The second-order valence-electron chi connectivity index (χ2n) is 4.52. The first kappa shape index (κ1) is 13.8. The number of likely N-dealkylation sites (tertiary alicyclic amines) is 1. The van der Waals surface area contributed by atoms with Crippen LogP contribution >= 0.6 is 22.6 Å². The van der Waals surface area contributed by atoms with Crippen molar-refractivity contribution in [2.75, 3.05) is 13.1 Å².